The molecule has 2 aromatic carbocycles. The number of para-hydroxylation sites is 1. The fourth-order valence-electron chi connectivity index (χ4n) is 2.63. The van der Waals surface area contributed by atoms with Crippen LogP contribution < -0.4 is 10.6 Å². The Hall–Kier alpha value is -2.66. The Morgan fingerprint density at radius 2 is 1.71 bits per heavy atom. The molecule has 1 heterocycles. The van der Waals surface area contributed by atoms with E-state index in [-0.39, 0.29) is 12.5 Å². The van der Waals surface area contributed by atoms with Crippen LogP contribution in [0.2, 0.25) is 0 Å². The molecule has 0 bridgehead atoms. The maximum absolute atomic E-state index is 12.7. The first kappa shape index (κ1) is 13.3. The molecule has 2 aromatic rings. The molecule has 0 fully saturated rings. The number of aliphatic hydroxyl groups excluding tert-OH is 1. The number of hydrogen-bond acceptors (Lipinski definition) is 3. The van der Waals surface area contributed by atoms with E-state index in [9.17, 15) is 14.7 Å². The summed E-state index contributed by atoms with van der Waals surface area (Å²) >= 11 is 0. The van der Waals surface area contributed by atoms with E-state index in [0.29, 0.717) is 22.4 Å². The van der Waals surface area contributed by atoms with Crippen molar-refractivity contribution < 1.29 is 14.7 Å². The summed E-state index contributed by atoms with van der Waals surface area (Å²) in [5.74, 6) is -0.944. The van der Waals surface area contributed by atoms with Crippen LogP contribution in [-0.2, 0) is 4.79 Å². The van der Waals surface area contributed by atoms with Crippen molar-refractivity contribution in [1.29, 1.82) is 0 Å². The van der Waals surface area contributed by atoms with Crippen molar-refractivity contribution in [2.45, 2.75) is 6.10 Å². The highest BCUT2D eigenvalue weighted by molar-refractivity contribution is 6.11. The molecule has 1 unspecified atom stereocenters. The quantitative estimate of drug-likeness (QED) is 0.868. The summed E-state index contributed by atoms with van der Waals surface area (Å²) in [5.41, 5.74) is 7.25. The van der Waals surface area contributed by atoms with Gasteiger partial charge in [0.15, 0.2) is 0 Å². The van der Waals surface area contributed by atoms with Crippen molar-refractivity contribution in [2.75, 3.05) is 11.4 Å². The van der Waals surface area contributed by atoms with Gasteiger partial charge in [-0.25, -0.2) is 0 Å². The van der Waals surface area contributed by atoms with E-state index in [2.05, 4.69) is 0 Å². The molecule has 2 amide bonds. The normalized spacial score (nSPS) is 16.9. The van der Waals surface area contributed by atoms with Gasteiger partial charge in [0.2, 0.25) is 5.91 Å². The Morgan fingerprint density at radius 3 is 2.43 bits per heavy atom. The van der Waals surface area contributed by atoms with Gasteiger partial charge in [0.25, 0.3) is 5.91 Å². The predicted molar refractivity (Wildman–Crippen MR) is 77.8 cm³/mol. The van der Waals surface area contributed by atoms with Crippen LogP contribution in [0.1, 0.15) is 27.6 Å². The molecule has 0 radical (unpaired) electrons. The molecule has 5 heteroatoms. The number of carbonyl (C=O) groups excluding carboxylic acids is 2. The Kier molecular flexibility index (Phi) is 3.19. The topological polar surface area (TPSA) is 83.6 Å². The Labute approximate surface area is 121 Å². The van der Waals surface area contributed by atoms with Crippen LogP contribution >= 0.6 is 0 Å². The van der Waals surface area contributed by atoms with Crippen LogP contribution in [0.4, 0.5) is 5.69 Å². The van der Waals surface area contributed by atoms with Gasteiger partial charge in [0, 0.05) is 11.1 Å². The molecule has 3 rings (SSSR count). The van der Waals surface area contributed by atoms with Crippen LogP contribution in [0.5, 0.6) is 0 Å². The zero-order valence-corrected chi connectivity index (χ0v) is 11.2. The van der Waals surface area contributed by atoms with Crippen LogP contribution in [0, 0.1) is 0 Å². The first-order valence-electron chi connectivity index (χ1n) is 6.55. The third-order valence-electron chi connectivity index (χ3n) is 3.57. The van der Waals surface area contributed by atoms with Crippen molar-refractivity contribution in [3.63, 3.8) is 0 Å². The van der Waals surface area contributed by atoms with Crippen molar-refractivity contribution in [1.82, 2.24) is 0 Å². The third kappa shape index (κ3) is 2.17. The molecular formula is C16H14N2O3. The first-order chi connectivity index (χ1) is 10.1. The van der Waals surface area contributed by atoms with E-state index in [1.165, 1.54) is 4.90 Å². The van der Waals surface area contributed by atoms with Gasteiger partial charge in [0.1, 0.15) is 12.6 Å². The second kappa shape index (κ2) is 5.03. The third-order valence-corrected chi connectivity index (χ3v) is 3.57. The Bertz CT molecular complexity index is 727. The average molecular weight is 282 g/mol. The van der Waals surface area contributed by atoms with Crippen LogP contribution in [0.25, 0.3) is 0 Å². The summed E-state index contributed by atoms with van der Waals surface area (Å²) in [6, 6.07) is 13.8. The lowest BCUT2D eigenvalue weighted by Crippen LogP contribution is -2.38. The number of amides is 2. The molecule has 106 valence electrons. The number of fused-ring (bicyclic) bond motifs is 2. The minimum absolute atomic E-state index is 0.225. The SMILES string of the molecule is NC(=O)CN1C(=O)c2ccccc2C(O)c2ccccc21. The predicted octanol–water partition coefficient (Wildman–Crippen LogP) is 1.21. The summed E-state index contributed by atoms with van der Waals surface area (Å²) in [7, 11) is 0. The molecule has 0 aliphatic carbocycles. The second-order valence-electron chi connectivity index (χ2n) is 4.91. The highest BCUT2D eigenvalue weighted by Gasteiger charge is 2.31. The summed E-state index contributed by atoms with van der Waals surface area (Å²) < 4.78 is 0. The average Bonchev–Trinajstić information content (AvgIpc) is 2.58. The smallest absolute Gasteiger partial charge is 0.259 e. The molecule has 0 saturated heterocycles. The number of hydrogen-bond donors (Lipinski definition) is 2. The number of anilines is 1. The maximum atomic E-state index is 12.7. The van der Waals surface area contributed by atoms with E-state index in [1.54, 1.807) is 48.5 Å². The van der Waals surface area contributed by atoms with E-state index >= 15 is 0 Å². The molecule has 0 aromatic heterocycles. The summed E-state index contributed by atoms with van der Waals surface area (Å²) in [5, 5.41) is 10.6. The molecule has 1 atom stereocenters. The molecule has 0 saturated carbocycles. The van der Waals surface area contributed by atoms with E-state index < -0.39 is 12.0 Å². The standard InChI is InChI=1S/C16H14N2O3/c17-14(19)9-18-13-8-4-3-7-12(13)15(20)10-5-1-2-6-11(10)16(18)21/h1-8,15,20H,9H2,(H2,17,19). The van der Waals surface area contributed by atoms with Gasteiger partial charge in [-0.2, -0.15) is 0 Å². The minimum atomic E-state index is -0.917. The number of nitrogens with two attached hydrogens (primary N) is 1. The van der Waals surface area contributed by atoms with E-state index in [1.807, 2.05) is 0 Å². The summed E-state index contributed by atoms with van der Waals surface area (Å²) in [4.78, 5) is 25.3. The molecule has 3 N–H and O–H groups in total. The number of benzene rings is 2. The van der Waals surface area contributed by atoms with Gasteiger partial charge in [-0.05, 0) is 17.7 Å². The molecule has 1 aliphatic heterocycles. The number of rotatable bonds is 2. The van der Waals surface area contributed by atoms with Gasteiger partial charge >= 0.3 is 0 Å². The van der Waals surface area contributed by atoms with E-state index in [0.717, 1.165) is 0 Å². The van der Waals surface area contributed by atoms with Crippen molar-refractivity contribution in [3.05, 3.63) is 65.2 Å². The molecule has 5 nitrogen and oxygen atoms in total. The lowest BCUT2D eigenvalue weighted by atomic mass is 9.97. The fourth-order valence-corrected chi connectivity index (χ4v) is 2.63. The minimum Gasteiger partial charge on any atom is -0.384 e. The number of nitrogens with zero attached hydrogens (tertiary/aromatic N) is 1. The van der Waals surface area contributed by atoms with Crippen LogP contribution in [0.15, 0.2) is 48.5 Å². The van der Waals surface area contributed by atoms with Crippen molar-refractivity contribution in [3.8, 4) is 0 Å². The van der Waals surface area contributed by atoms with Crippen molar-refractivity contribution >= 4 is 17.5 Å². The second-order valence-corrected chi connectivity index (χ2v) is 4.91. The zero-order valence-electron chi connectivity index (χ0n) is 11.2. The largest absolute Gasteiger partial charge is 0.384 e. The number of aliphatic hydroxyl groups is 1. The van der Waals surface area contributed by atoms with E-state index in [4.69, 9.17) is 5.73 Å². The number of carbonyl (C=O) groups is 2. The fraction of sp³-hybridized carbons (Fsp3) is 0.125. The maximum Gasteiger partial charge on any atom is 0.259 e. The highest BCUT2D eigenvalue weighted by Crippen LogP contribution is 2.36. The molecular weight excluding hydrogens is 268 g/mol. The molecule has 21 heavy (non-hydrogen) atoms. The van der Waals surface area contributed by atoms with Gasteiger partial charge in [-0.15, -0.1) is 0 Å². The number of primary amides is 1. The lowest BCUT2D eigenvalue weighted by molar-refractivity contribution is -0.116. The summed E-state index contributed by atoms with van der Waals surface area (Å²) in [6.45, 7) is -0.225. The first-order valence-corrected chi connectivity index (χ1v) is 6.55. The van der Waals surface area contributed by atoms with Crippen LogP contribution in [-0.4, -0.2) is 23.5 Å². The van der Waals surface area contributed by atoms with Gasteiger partial charge in [-0.3, -0.25) is 14.5 Å². The van der Waals surface area contributed by atoms with Crippen LogP contribution in [0.3, 0.4) is 0 Å². The monoisotopic (exact) mass is 282 g/mol. The van der Waals surface area contributed by atoms with Gasteiger partial charge < -0.3 is 10.8 Å². The Balaban J connectivity index is 2.25. The molecule has 0 spiro atoms. The summed E-state index contributed by atoms with van der Waals surface area (Å²) in [6.07, 6.45) is -0.917. The van der Waals surface area contributed by atoms with Gasteiger partial charge in [0.05, 0.1) is 5.69 Å². The zero-order chi connectivity index (χ0) is 15.0. The Morgan fingerprint density at radius 1 is 1.10 bits per heavy atom. The van der Waals surface area contributed by atoms with Crippen molar-refractivity contribution in [2.24, 2.45) is 5.73 Å². The lowest BCUT2D eigenvalue weighted by Gasteiger charge is -2.22. The molecule has 1 aliphatic rings. The van der Waals surface area contributed by atoms with Gasteiger partial charge in [-0.1, -0.05) is 36.4 Å². The highest BCUT2D eigenvalue weighted by atomic mass is 16.3.